The summed E-state index contributed by atoms with van der Waals surface area (Å²) in [4.78, 5) is 2.46. The second kappa shape index (κ2) is 7.19. The van der Waals surface area contributed by atoms with Gasteiger partial charge in [0.2, 0.25) is 0 Å². The van der Waals surface area contributed by atoms with E-state index in [1.165, 1.54) is 25.7 Å². The molecule has 0 saturated heterocycles. The van der Waals surface area contributed by atoms with Gasteiger partial charge >= 0.3 is 0 Å². The van der Waals surface area contributed by atoms with Gasteiger partial charge in [-0.25, -0.2) is 0 Å². The first-order chi connectivity index (χ1) is 12.3. The van der Waals surface area contributed by atoms with Crippen LogP contribution in [0.3, 0.4) is 0 Å². The largest absolute Gasteiger partial charge is 0.367 e. The van der Waals surface area contributed by atoms with E-state index < -0.39 is 0 Å². The molecule has 0 spiro atoms. The van der Waals surface area contributed by atoms with E-state index in [1.54, 1.807) is 4.52 Å². The van der Waals surface area contributed by atoms with Gasteiger partial charge in [0.05, 0.1) is 0 Å². The minimum atomic E-state index is 0.750. The third kappa shape index (κ3) is 3.49. The standard InChI is InChI=1S/C19H24N6/c1-24(16-9-5-6-10-16)14-13-20-17-11-12-18-21-22-19(25(18)23-17)15-7-3-2-4-8-15/h2-4,7-8,11-12,16H,5-6,9-10,13-14H2,1H3,(H,20,23). The summed E-state index contributed by atoms with van der Waals surface area (Å²) in [5.41, 5.74) is 1.77. The van der Waals surface area contributed by atoms with Gasteiger partial charge in [0.1, 0.15) is 5.82 Å². The number of rotatable bonds is 6. The van der Waals surface area contributed by atoms with E-state index in [2.05, 4.69) is 32.6 Å². The minimum absolute atomic E-state index is 0.750. The Balaban J connectivity index is 1.45. The molecule has 0 amide bonds. The van der Waals surface area contributed by atoms with E-state index in [0.29, 0.717) is 0 Å². The molecule has 6 heteroatoms. The van der Waals surface area contributed by atoms with E-state index in [-0.39, 0.29) is 0 Å². The lowest BCUT2D eigenvalue weighted by Crippen LogP contribution is -2.33. The van der Waals surface area contributed by atoms with Crippen molar-refractivity contribution in [3.63, 3.8) is 0 Å². The lowest BCUT2D eigenvalue weighted by Gasteiger charge is -2.24. The molecule has 3 aromatic rings. The average Bonchev–Trinajstić information content (AvgIpc) is 3.32. The summed E-state index contributed by atoms with van der Waals surface area (Å²) < 4.78 is 1.80. The SMILES string of the molecule is CN(CCNc1ccc2nnc(-c3ccccc3)n2n1)C1CCCC1. The van der Waals surface area contributed by atoms with Crippen molar-refractivity contribution >= 4 is 11.5 Å². The van der Waals surface area contributed by atoms with Crippen LogP contribution in [0.25, 0.3) is 17.0 Å². The maximum atomic E-state index is 4.67. The van der Waals surface area contributed by atoms with Crippen molar-refractivity contribution < 1.29 is 0 Å². The van der Waals surface area contributed by atoms with E-state index in [0.717, 1.165) is 42.0 Å². The zero-order valence-electron chi connectivity index (χ0n) is 14.6. The van der Waals surface area contributed by atoms with Crippen LogP contribution in [0, 0.1) is 0 Å². The molecule has 25 heavy (non-hydrogen) atoms. The number of hydrogen-bond acceptors (Lipinski definition) is 5. The number of nitrogens with one attached hydrogen (secondary N) is 1. The summed E-state index contributed by atoms with van der Waals surface area (Å²) in [5, 5.41) is 16.6. The van der Waals surface area contributed by atoms with Crippen molar-refractivity contribution in [3.05, 3.63) is 42.5 Å². The van der Waals surface area contributed by atoms with Crippen LogP contribution in [0.4, 0.5) is 5.82 Å². The fourth-order valence-corrected chi connectivity index (χ4v) is 3.54. The first-order valence-corrected chi connectivity index (χ1v) is 9.03. The molecule has 1 fully saturated rings. The third-order valence-electron chi connectivity index (χ3n) is 5.01. The molecule has 0 radical (unpaired) electrons. The Labute approximate surface area is 147 Å². The Hall–Kier alpha value is -2.47. The number of hydrogen-bond donors (Lipinski definition) is 1. The third-order valence-corrected chi connectivity index (χ3v) is 5.01. The molecule has 4 rings (SSSR count). The average molecular weight is 336 g/mol. The number of likely N-dealkylation sites (N-methyl/N-ethyl adjacent to an activating group) is 1. The second-order valence-electron chi connectivity index (χ2n) is 6.72. The van der Waals surface area contributed by atoms with E-state index in [1.807, 2.05) is 42.5 Å². The smallest absolute Gasteiger partial charge is 0.185 e. The van der Waals surface area contributed by atoms with Crippen molar-refractivity contribution in [1.29, 1.82) is 0 Å². The molecular weight excluding hydrogens is 312 g/mol. The van der Waals surface area contributed by atoms with Gasteiger partial charge in [0, 0.05) is 24.7 Å². The predicted octanol–water partition coefficient (Wildman–Crippen LogP) is 3.08. The van der Waals surface area contributed by atoms with E-state index in [4.69, 9.17) is 0 Å². The highest BCUT2D eigenvalue weighted by molar-refractivity contribution is 5.59. The monoisotopic (exact) mass is 336 g/mol. The molecule has 1 N–H and O–H groups in total. The van der Waals surface area contributed by atoms with Crippen LogP contribution in [0.1, 0.15) is 25.7 Å². The number of fused-ring (bicyclic) bond motifs is 1. The zero-order valence-corrected chi connectivity index (χ0v) is 14.6. The van der Waals surface area contributed by atoms with Crippen LogP contribution in [0.5, 0.6) is 0 Å². The molecule has 2 aromatic heterocycles. The fourth-order valence-electron chi connectivity index (χ4n) is 3.54. The summed E-state index contributed by atoms with van der Waals surface area (Å²) in [6.07, 6.45) is 5.41. The van der Waals surface area contributed by atoms with Gasteiger partial charge in [-0.05, 0) is 32.0 Å². The number of aromatic nitrogens is 4. The van der Waals surface area contributed by atoms with Crippen LogP contribution in [-0.4, -0.2) is 50.9 Å². The van der Waals surface area contributed by atoms with E-state index >= 15 is 0 Å². The van der Waals surface area contributed by atoms with Crippen molar-refractivity contribution in [3.8, 4) is 11.4 Å². The molecule has 130 valence electrons. The van der Waals surface area contributed by atoms with Gasteiger partial charge < -0.3 is 10.2 Å². The van der Waals surface area contributed by atoms with Gasteiger partial charge in [-0.2, -0.15) is 4.52 Å². The molecule has 1 saturated carbocycles. The van der Waals surface area contributed by atoms with Gasteiger partial charge in [-0.1, -0.05) is 43.2 Å². The number of benzene rings is 1. The maximum Gasteiger partial charge on any atom is 0.185 e. The van der Waals surface area contributed by atoms with Gasteiger partial charge in [-0.3, -0.25) is 0 Å². The van der Waals surface area contributed by atoms with Gasteiger partial charge in [-0.15, -0.1) is 15.3 Å². The Bertz CT molecular complexity index is 822. The summed E-state index contributed by atoms with van der Waals surface area (Å²) in [5.74, 6) is 1.62. The molecule has 1 aliphatic carbocycles. The summed E-state index contributed by atoms with van der Waals surface area (Å²) in [6, 6.07) is 14.7. The molecular formula is C19H24N6. The van der Waals surface area contributed by atoms with Crippen molar-refractivity contribution in [2.24, 2.45) is 0 Å². The van der Waals surface area contributed by atoms with Crippen LogP contribution in [-0.2, 0) is 0 Å². The predicted molar refractivity (Wildman–Crippen MR) is 99.6 cm³/mol. The van der Waals surface area contributed by atoms with Crippen molar-refractivity contribution in [2.45, 2.75) is 31.7 Å². The minimum Gasteiger partial charge on any atom is -0.367 e. The quantitative estimate of drug-likeness (QED) is 0.750. The highest BCUT2D eigenvalue weighted by Crippen LogP contribution is 2.22. The molecule has 1 aromatic carbocycles. The lowest BCUT2D eigenvalue weighted by molar-refractivity contribution is 0.254. The van der Waals surface area contributed by atoms with Crippen LogP contribution in [0.15, 0.2) is 42.5 Å². The highest BCUT2D eigenvalue weighted by Gasteiger charge is 2.18. The normalized spacial score (nSPS) is 15.3. The first kappa shape index (κ1) is 16.0. The van der Waals surface area contributed by atoms with Crippen molar-refractivity contribution in [1.82, 2.24) is 24.7 Å². The summed E-state index contributed by atoms with van der Waals surface area (Å²) in [7, 11) is 2.22. The Kier molecular flexibility index (Phi) is 4.61. The lowest BCUT2D eigenvalue weighted by atomic mass is 10.2. The van der Waals surface area contributed by atoms with E-state index in [9.17, 15) is 0 Å². The van der Waals surface area contributed by atoms with Crippen LogP contribution in [0.2, 0.25) is 0 Å². The number of nitrogens with zero attached hydrogens (tertiary/aromatic N) is 5. The molecule has 2 heterocycles. The zero-order chi connectivity index (χ0) is 17.1. The summed E-state index contributed by atoms with van der Waals surface area (Å²) in [6.45, 7) is 1.91. The molecule has 0 aliphatic heterocycles. The second-order valence-corrected chi connectivity index (χ2v) is 6.72. The molecule has 1 aliphatic rings. The topological polar surface area (TPSA) is 58.3 Å². The molecule has 0 unspecified atom stereocenters. The highest BCUT2D eigenvalue weighted by atomic mass is 15.4. The Morgan fingerprint density at radius 3 is 2.68 bits per heavy atom. The molecule has 6 nitrogen and oxygen atoms in total. The first-order valence-electron chi connectivity index (χ1n) is 9.03. The Morgan fingerprint density at radius 2 is 1.88 bits per heavy atom. The van der Waals surface area contributed by atoms with Crippen molar-refractivity contribution in [2.75, 3.05) is 25.5 Å². The van der Waals surface area contributed by atoms with Gasteiger partial charge in [0.25, 0.3) is 0 Å². The molecule has 0 atom stereocenters. The van der Waals surface area contributed by atoms with Gasteiger partial charge in [0.15, 0.2) is 11.5 Å². The van der Waals surface area contributed by atoms with Crippen LogP contribution >= 0.6 is 0 Å². The van der Waals surface area contributed by atoms with Crippen LogP contribution < -0.4 is 5.32 Å². The molecule has 0 bridgehead atoms. The maximum absolute atomic E-state index is 4.67. The number of anilines is 1. The Morgan fingerprint density at radius 1 is 1.08 bits per heavy atom. The fraction of sp³-hybridized carbons (Fsp3) is 0.421. The summed E-state index contributed by atoms with van der Waals surface area (Å²) >= 11 is 0.